The van der Waals surface area contributed by atoms with Crippen molar-refractivity contribution in [3.8, 4) is 0 Å². The Balaban J connectivity index is 2.52. The summed E-state index contributed by atoms with van der Waals surface area (Å²) in [5.74, 6) is -1.17. The van der Waals surface area contributed by atoms with E-state index in [1.54, 1.807) is 13.8 Å². The van der Waals surface area contributed by atoms with Crippen LogP contribution in [0.2, 0.25) is 0 Å². The minimum atomic E-state index is -0.762. The van der Waals surface area contributed by atoms with E-state index >= 15 is 0 Å². The highest BCUT2D eigenvalue weighted by Gasteiger charge is 2.31. The van der Waals surface area contributed by atoms with Gasteiger partial charge in [-0.15, -0.1) is 0 Å². The van der Waals surface area contributed by atoms with Gasteiger partial charge in [0.05, 0.1) is 11.3 Å². The minimum Gasteiger partial charge on any atom is -0.481 e. The summed E-state index contributed by atoms with van der Waals surface area (Å²) in [6.07, 6.45) is 2.95. The lowest BCUT2D eigenvalue weighted by Crippen LogP contribution is -2.48. The van der Waals surface area contributed by atoms with Gasteiger partial charge in [-0.05, 0) is 33.1 Å². The summed E-state index contributed by atoms with van der Waals surface area (Å²) in [5.41, 5.74) is 4.95. The Morgan fingerprint density at radius 1 is 1.41 bits per heavy atom. The van der Waals surface area contributed by atoms with Crippen molar-refractivity contribution in [3.05, 3.63) is 0 Å². The molecule has 1 saturated carbocycles. The highest BCUT2D eigenvalue weighted by molar-refractivity contribution is 5.82. The summed E-state index contributed by atoms with van der Waals surface area (Å²) in [6, 6.07) is -0.0248. The molecule has 0 aromatic carbocycles. The normalized spacial score (nSPS) is 25.4. The summed E-state index contributed by atoms with van der Waals surface area (Å²) in [7, 11) is 0. The molecule has 0 heterocycles. The molecule has 1 rings (SSSR count). The highest BCUT2D eigenvalue weighted by Crippen LogP contribution is 2.25. The zero-order valence-corrected chi connectivity index (χ0v) is 10.5. The molecule has 5 heteroatoms. The van der Waals surface area contributed by atoms with Crippen molar-refractivity contribution in [1.29, 1.82) is 0 Å². The largest absolute Gasteiger partial charge is 0.481 e. The quantitative estimate of drug-likeness (QED) is 0.677. The van der Waals surface area contributed by atoms with E-state index in [0.717, 1.165) is 12.8 Å². The van der Waals surface area contributed by atoms with Gasteiger partial charge >= 0.3 is 5.97 Å². The number of nitrogens with one attached hydrogen (secondary N) is 1. The van der Waals surface area contributed by atoms with Crippen molar-refractivity contribution < 1.29 is 14.7 Å². The second kappa shape index (κ2) is 5.49. The number of aliphatic carboxylic acids is 1. The Hall–Kier alpha value is -1.10. The average molecular weight is 242 g/mol. The van der Waals surface area contributed by atoms with Gasteiger partial charge in [0.15, 0.2) is 0 Å². The number of hydrogen-bond donors (Lipinski definition) is 3. The lowest BCUT2D eigenvalue weighted by atomic mass is 9.84. The zero-order valence-electron chi connectivity index (χ0n) is 10.5. The van der Waals surface area contributed by atoms with E-state index in [1.807, 2.05) is 0 Å². The summed E-state index contributed by atoms with van der Waals surface area (Å²) in [4.78, 5) is 22.8. The summed E-state index contributed by atoms with van der Waals surface area (Å²) < 4.78 is 0. The van der Waals surface area contributed by atoms with Gasteiger partial charge in [0.2, 0.25) is 5.91 Å². The fraction of sp³-hybridized carbons (Fsp3) is 0.833. The Morgan fingerprint density at radius 3 is 2.59 bits per heavy atom. The summed E-state index contributed by atoms with van der Waals surface area (Å²) in [6.45, 7) is 3.87. The topological polar surface area (TPSA) is 92.4 Å². The molecule has 0 aromatic heterocycles. The third-order valence-electron chi connectivity index (χ3n) is 3.48. The van der Waals surface area contributed by atoms with Crippen molar-refractivity contribution in [2.75, 3.05) is 6.54 Å². The van der Waals surface area contributed by atoms with E-state index < -0.39 is 11.4 Å². The smallest absolute Gasteiger partial charge is 0.306 e. The van der Waals surface area contributed by atoms with Crippen molar-refractivity contribution >= 4 is 11.9 Å². The summed E-state index contributed by atoms with van der Waals surface area (Å²) in [5, 5.41) is 11.9. The maximum absolute atomic E-state index is 11.9. The number of carbonyl (C=O) groups is 2. The molecule has 2 unspecified atom stereocenters. The maximum Gasteiger partial charge on any atom is 0.306 e. The molecule has 5 nitrogen and oxygen atoms in total. The van der Waals surface area contributed by atoms with Gasteiger partial charge in [-0.1, -0.05) is 6.42 Å². The van der Waals surface area contributed by atoms with Crippen molar-refractivity contribution in [1.82, 2.24) is 5.32 Å². The predicted octanol–water partition coefficient (Wildman–Crippen LogP) is 0.731. The molecule has 2 atom stereocenters. The van der Waals surface area contributed by atoms with E-state index in [9.17, 15) is 9.59 Å². The van der Waals surface area contributed by atoms with Gasteiger partial charge in [0, 0.05) is 12.6 Å². The second-order valence-electron chi connectivity index (χ2n) is 5.46. The van der Waals surface area contributed by atoms with E-state index in [4.69, 9.17) is 10.8 Å². The first-order valence-electron chi connectivity index (χ1n) is 6.10. The van der Waals surface area contributed by atoms with Crippen LogP contribution in [0.3, 0.4) is 0 Å². The predicted molar refractivity (Wildman–Crippen MR) is 64.4 cm³/mol. The van der Waals surface area contributed by atoms with Crippen LogP contribution in [0.5, 0.6) is 0 Å². The molecule has 1 amide bonds. The zero-order chi connectivity index (χ0) is 13.1. The molecular formula is C12H22N2O3. The molecule has 1 aliphatic carbocycles. The van der Waals surface area contributed by atoms with Gasteiger partial charge < -0.3 is 16.2 Å². The monoisotopic (exact) mass is 242 g/mol. The van der Waals surface area contributed by atoms with Crippen LogP contribution in [0.25, 0.3) is 0 Å². The van der Waals surface area contributed by atoms with E-state index in [2.05, 4.69) is 5.32 Å². The van der Waals surface area contributed by atoms with E-state index in [-0.39, 0.29) is 24.4 Å². The van der Waals surface area contributed by atoms with Gasteiger partial charge in [0.25, 0.3) is 0 Å². The van der Waals surface area contributed by atoms with Crippen LogP contribution in [0.4, 0.5) is 0 Å². The molecule has 0 bridgehead atoms. The van der Waals surface area contributed by atoms with Crippen LogP contribution in [0.15, 0.2) is 0 Å². The van der Waals surface area contributed by atoms with Crippen LogP contribution < -0.4 is 11.1 Å². The Morgan fingerprint density at radius 2 is 2.06 bits per heavy atom. The third kappa shape index (κ3) is 3.70. The number of carboxylic acid groups (broad SMARTS) is 1. The Bertz CT molecular complexity index is 302. The summed E-state index contributed by atoms with van der Waals surface area (Å²) >= 11 is 0. The molecule has 1 aliphatic rings. The van der Waals surface area contributed by atoms with Crippen LogP contribution >= 0.6 is 0 Å². The number of amides is 1. The molecule has 1 fully saturated rings. The first kappa shape index (κ1) is 14.0. The molecule has 0 saturated heterocycles. The lowest BCUT2D eigenvalue weighted by Gasteiger charge is -2.30. The van der Waals surface area contributed by atoms with Crippen LogP contribution in [0, 0.1) is 11.3 Å². The van der Waals surface area contributed by atoms with Crippen LogP contribution in [-0.2, 0) is 9.59 Å². The third-order valence-corrected chi connectivity index (χ3v) is 3.48. The fourth-order valence-electron chi connectivity index (χ4n) is 2.02. The molecular weight excluding hydrogens is 220 g/mol. The van der Waals surface area contributed by atoms with Crippen LogP contribution in [-0.4, -0.2) is 29.6 Å². The Kier molecular flexibility index (Phi) is 4.51. The molecule has 0 aliphatic heterocycles. The SMILES string of the molecule is CC(C)(CN)C(=O)NC1CCCC(C(=O)O)C1. The van der Waals surface area contributed by atoms with Crippen molar-refractivity contribution in [2.45, 2.75) is 45.6 Å². The number of carboxylic acids is 1. The van der Waals surface area contributed by atoms with Crippen LogP contribution in [0.1, 0.15) is 39.5 Å². The standard InChI is InChI=1S/C12H22N2O3/c1-12(2,7-13)11(17)14-9-5-3-4-8(6-9)10(15)16/h8-9H,3-7,13H2,1-2H3,(H,14,17)(H,15,16). The molecule has 0 radical (unpaired) electrons. The van der Waals surface area contributed by atoms with E-state index in [1.165, 1.54) is 0 Å². The second-order valence-corrected chi connectivity index (χ2v) is 5.46. The molecule has 4 N–H and O–H groups in total. The lowest BCUT2D eigenvalue weighted by molar-refractivity contribution is -0.143. The Labute approximate surface area is 102 Å². The number of nitrogens with two attached hydrogens (primary N) is 1. The first-order chi connectivity index (χ1) is 7.86. The minimum absolute atomic E-state index is 0.0248. The highest BCUT2D eigenvalue weighted by atomic mass is 16.4. The van der Waals surface area contributed by atoms with Crippen molar-refractivity contribution in [2.24, 2.45) is 17.1 Å². The maximum atomic E-state index is 11.9. The number of carbonyl (C=O) groups excluding carboxylic acids is 1. The average Bonchev–Trinajstić information content (AvgIpc) is 2.29. The van der Waals surface area contributed by atoms with Gasteiger partial charge in [-0.3, -0.25) is 9.59 Å². The van der Waals surface area contributed by atoms with Gasteiger partial charge in [0.1, 0.15) is 0 Å². The van der Waals surface area contributed by atoms with Gasteiger partial charge in [-0.2, -0.15) is 0 Å². The molecule has 17 heavy (non-hydrogen) atoms. The number of rotatable bonds is 4. The fourth-order valence-corrected chi connectivity index (χ4v) is 2.02. The molecule has 0 aromatic rings. The number of hydrogen-bond acceptors (Lipinski definition) is 3. The van der Waals surface area contributed by atoms with E-state index in [0.29, 0.717) is 12.8 Å². The first-order valence-corrected chi connectivity index (χ1v) is 6.10. The molecule has 0 spiro atoms. The van der Waals surface area contributed by atoms with Gasteiger partial charge in [-0.25, -0.2) is 0 Å². The van der Waals surface area contributed by atoms with Crippen molar-refractivity contribution in [3.63, 3.8) is 0 Å². The molecule has 98 valence electrons.